The van der Waals surface area contributed by atoms with Crippen molar-refractivity contribution < 1.29 is 32.5 Å². The maximum atomic E-state index is 12.6. The first kappa shape index (κ1) is 20.0. The maximum absolute atomic E-state index is 12.6. The smallest absolute Gasteiger partial charge is 0.416 e. The molecule has 0 radical (unpaired) electrons. The van der Waals surface area contributed by atoms with E-state index in [1.165, 1.54) is 37.6 Å². The summed E-state index contributed by atoms with van der Waals surface area (Å²) in [6.45, 7) is 0. The van der Waals surface area contributed by atoms with Gasteiger partial charge in [0.05, 0.1) is 12.7 Å². The number of ether oxygens (including phenoxy) is 2. The van der Waals surface area contributed by atoms with Crippen molar-refractivity contribution >= 4 is 11.6 Å². The second-order valence-electron chi connectivity index (χ2n) is 5.82. The fourth-order valence-corrected chi connectivity index (χ4v) is 2.44. The Hall–Kier alpha value is -3.75. The molecular formula is C20H15F3N2O4. The highest BCUT2D eigenvalue weighted by molar-refractivity contribution is 6.05. The van der Waals surface area contributed by atoms with Crippen LogP contribution in [-0.4, -0.2) is 23.1 Å². The van der Waals surface area contributed by atoms with Gasteiger partial charge in [-0.2, -0.15) is 13.2 Å². The molecule has 1 aromatic heterocycles. The SMILES string of the molecule is COc1ccnc(C(=O)Nc2cccc(Oc3ccc(C(F)(F)F)cc3)c2)c1O. The van der Waals surface area contributed by atoms with E-state index in [0.29, 0.717) is 11.4 Å². The molecule has 6 nitrogen and oxygen atoms in total. The zero-order valence-electron chi connectivity index (χ0n) is 15.0. The van der Waals surface area contributed by atoms with Crippen LogP contribution < -0.4 is 14.8 Å². The summed E-state index contributed by atoms with van der Waals surface area (Å²) >= 11 is 0. The average molecular weight is 404 g/mol. The van der Waals surface area contributed by atoms with Gasteiger partial charge in [-0.25, -0.2) is 4.98 Å². The third-order valence-corrected chi connectivity index (χ3v) is 3.83. The lowest BCUT2D eigenvalue weighted by Gasteiger charge is -2.11. The number of aromatic hydroxyl groups is 1. The number of pyridine rings is 1. The summed E-state index contributed by atoms with van der Waals surface area (Å²) in [5, 5.41) is 12.6. The number of methoxy groups -OCH3 is 1. The molecule has 2 aromatic carbocycles. The van der Waals surface area contributed by atoms with Crippen LogP contribution in [0.15, 0.2) is 60.8 Å². The van der Waals surface area contributed by atoms with E-state index < -0.39 is 23.4 Å². The quantitative estimate of drug-likeness (QED) is 0.635. The van der Waals surface area contributed by atoms with Gasteiger partial charge < -0.3 is 19.9 Å². The van der Waals surface area contributed by atoms with Gasteiger partial charge in [0.2, 0.25) is 0 Å². The van der Waals surface area contributed by atoms with E-state index in [1.54, 1.807) is 18.2 Å². The molecule has 2 N–H and O–H groups in total. The topological polar surface area (TPSA) is 80.7 Å². The maximum Gasteiger partial charge on any atom is 0.416 e. The van der Waals surface area contributed by atoms with Crippen LogP contribution >= 0.6 is 0 Å². The number of rotatable bonds is 5. The number of carbonyl (C=O) groups excluding carboxylic acids is 1. The predicted molar refractivity (Wildman–Crippen MR) is 98.4 cm³/mol. The minimum absolute atomic E-state index is 0.101. The average Bonchev–Trinajstić information content (AvgIpc) is 2.68. The molecule has 0 atom stereocenters. The van der Waals surface area contributed by atoms with Crippen LogP contribution in [-0.2, 0) is 6.18 Å². The molecule has 0 saturated heterocycles. The summed E-state index contributed by atoms with van der Waals surface area (Å²) in [6.07, 6.45) is -3.11. The fourth-order valence-electron chi connectivity index (χ4n) is 2.44. The van der Waals surface area contributed by atoms with Gasteiger partial charge in [0.15, 0.2) is 17.2 Å². The van der Waals surface area contributed by atoms with E-state index in [0.717, 1.165) is 12.1 Å². The summed E-state index contributed by atoms with van der Waals surface area (Å²) in [5.41, 5.74) is -0.668. The molecule has 3 rings (SSSR count). The number of benzene rings is 2. The standard InChI is InChI=1S/C20H15F3N2O4/c1-28-16-9-10-24-17(18(16)26)19(27)25-13-3-2-4-15(11-13)29-14-7-5-12(6-8-14)20(21,22)23/h2-11,26H,1H3,(H,25,27). The fraction of sp³-hybridized carbons (Fsp3) is 0.100. The van der Waals surface area contributed by atoms with Crippen molar-refractivity contribution in [2.24, 2.45) is 0 Å². The normalized spacial score (nSPS) is 11.0. The Labute approximate surface area is 163 Å². The Bertz CT molecular complexity index is 1020. The molecule has 0 saturated carbocycles. The van der Waals surface area contributed by atoms with Crippen LogP contribution in [0.4, 0.5) is 18.9 Å². The van der Waals surface area contributed by atoms with Crippen molar-refractivity contribution in [1.82, 2.24) is 4.98 Å². The molecule has 1 heterocycles. The van der Waals surface area contributed by atoms with Crippen molar-refractivity contribution in [3.8, 4) is 23.0 Å². The molecular weight excluding hydrogens is 389 g/mol. The lowest BCUT2D eigenvalue weighted by Crippen LogP contribution is -2.14. The molecule has 150 valence electrons. The van der Waals surface area contributed by atoms with Gasteiger partial charge in [-0.1, -0.05) is 6.07 Å². The molecule has 0 fully saturated rings. The lowest BCUT2D eigenvalue weighted by atomic mass is 10.2. The van der Waals surface area contributed by atoms with Crippen LogP contribution in [0, 0.1) is 0 Å². The van der Waals surface area contributed by atoms with Crippen LogP contribution in [0.2, 0.25) is 0 Å². The van der Waals surface area contributed by atoms with Crippen molar-refractivity contribution in [1.29, 1.82) is 0 Å². The van der Waals surface area contributed by atoms with Crippen LogP contribution in [0.3, 0.4) is 0 Å². The molecule has 1 amide bonds. The van der Waals surface area contributed by atoms with Crippen LogP contribution in [0.5, 0.6) is 23.0 Å². The predicted octanol–water partition coefficient (Wildman–Crippen LogP) is 4.86. The van der Waals surface area contributed by atoms with Gasteiger partial charge in [0, 0.05) is 24.0 Å². The molecule has 0 aliphatic carbocycles. The number of hydrogen-bond acceptors (Lipinski definition) is 5. The number of halogens is 3. The highest BCUT2D eigenvalue weighted by Crippen LogP contribution is 2.32. The zero-order chi connectivity index (χ0) is 21.0. The molecule has 0 aliphatic rings. The summed E-state index contributed by atoms with van der Waals surface area (Å²) in [7, 11) is 1.35. The second-order valence-corrected chi connectivity index (χ2v) is 5.82. The summed E-state index contributed by atoms with van der Waals surface area (Å²) in [5.74, 6) is -0.471. The van der Waals surface area contributed by atoms with E-state index in [2.05, 4.69) is 10.3 Å². The summed E-state index contributed by atoms with van der Waals surface area (Å²) in [6, 6.07) is 11.9. The first-order chi connectivity index (χ1) is 13.8. The third-order valence-electron chi connectivity index (χ3n) is 3.83. The minimum Gasteiger partial charge on any atom is -0.503 e. The molecule has 29 heavy (non-hydrogen) atoms. The highest BCUT2D eigenvalue weighted by Gasteiger charge is 2.30. The van der Waals surface area contributed by atoms with Crippen LogP contribution in [0.25, 0.3) is 0 Å². The van der Waals surface area contributed by atoms with Gasteiger partial charge in [-0.05, 0) is 36.4 Å². The monoisotopic (exact) mass is 404 g/mol. The van der Waals surface area contributed by atoms with Gasteiger partial charge in [0.1, 0.15) is 11.5 Å². The number of aromatic nitrogens is 1. The summed E-state index contributed by atoms with van der Waals surface area (Å²) < 4.78 is 48.3. The Morgan fingerprint density at radius 1 is 1.07 bits per heavy atom. The second kappa shape index (κ2) is 8.09. The number of anilines is 1. The van der Waals surface area contributed by atoms with E-state index in [-0.39, 0.29) is 17.2 Å². The van der Waals surface area contributed by atoms with E-state index in [1.807, 2.05) is 0 Å². The van der Waals surface area contributed by atoms with Gasteiger partial charge in [0.25, 0.3) is 5.91 Å². The van der Waals surface area contributed by atoms with E-state index in [4.69, 9.17) is 9.47 Å². The Balaban J connectivity index is 1.74. The van der Waals surface area contributed by atoms with Crippen molar-refractivity contribution in [2.45, 2.75) is 6.18 Å². The number of nitrogens with zero attached hydrogens (tertiary/aromatic N) is 1. The zero-order valence-corrected chi connectivity index (χ0v) is 15.0. The van der Waals surface area contributed by atoms with Crippen LogP contribution in [0.1, 0.15) is 16.1 Å². The minimum atomic E-state index is -4.43. The third kappa shape index (κ3) is 4.75. The van der Waals surface area contributed by atoms with Crippen molar-refractivity contribution in [2.75, 3.05) is 12.4 Å². The highest BCUT2D eigenvalue weighted by atomic mass is 19.4. The van der Waals surface area contributed by atoms with Gasteiger partial charge in [-0.3, -0.25) is 4.79 Å². The lowest BCUT2D eigenvalue weighted by molar-refractivity contribution is -0.137. The number of alkyl halides is 3. The van der Waals surface area contributed by atoms with Crippen molar-refractivity contribution in [3.05, 3.63) is 72.1 Å². The number of carbonyl (C=O) groups is 1. The molecule has 0 unspecified atom stereocenters. The number of hydrogen-bond donors (Lipinski definition) is 2. The first-order valence-corrected chi connectivity index (χ1v) is 8.26. The Morgan fingerprint density at radius 2 is 1.79 bits per heavy atom. The largest absolute Gasteiger partial charge is 0.503 e. The number of nitrogens with one attached hydrogen (secondary N) is 1. The van der Waals surface area contributed by atoms with Gasteiger partial charge in [-0.15, -0.1) is 0 Å². The Morgan fingerprint density at radius 3 is 2.45 bits per heavy atom. The van der Waals surface area contributed by atoms with Crippen molar-refractivity contribution in [3.63, 3.8) is 0 Å². The number of amides is 1. The molecule has 3 aromatic rings. The molecule has 9 heteroatoms. The molecule has 0 bridgehead atoms. The molecule has 0 spiro atoms. The van der Waals surface area contributed by atoms with E-state index in [9.17, 15) is 23.1 Å². The molecule has 0 aliphatic heterocycles. The summed E-state index contributed by atoms with van der Waals surface area (Å²) in [4.78, 5) is 16.2. The Kier molecular flexibility index (Phi) is 5.58. The van der Waals surface area contributed by atoms with Gasteiger partial charge >= 0.3 is 6.18 Å². The van der Waals surface area contributed by atoms with E-state index >= 15 is 0 Å². The first-order valence-electron chi connectivity index (χ1n) is 8.26.